The average molecular weight is 661 g/mol. The molecule has 2 aliphatic rings. The van der Waals surface area contributed by atoms with Crippen molar-refractivity contribution in [2.75, 3.05) is 13.1 Å². The van der Waals surface area contributed by atoms with Crippen molar-refractivity contribution in [3.05, 3.63) is 95.3 Å². The highest BCUT2D eigenvalue weighted by Crippen LogP contribution is 2.31. The fraction of sp³-hybridized carbons (Fsp3) is 0.333. The number of imidazole rings is 2. The zero-order valence-corrected chi connectivity index (χ0v) is 26.8. The molecule has 0 amide bonds. The number of benzene rings is 1. The van der Waals surface area contributed by atoms with Crippen molar-refractivity contribution < 1.29 is 23.8 Å². The number of carboxylic acids is 1. The molecular weight excluding hydrogens is 627 g/mol. The van der Waals surface area contributed by atoms with E-state index in [1.54, 1.807) is 12.1 Å². The van der Waals surface area contributed by atoms with Crippen molar-refractivity contribution in [1.29, 1.82) is 5.26 Å². The van der Waals surface area contributed by atoms with E-state index in [1.165, 1.54) is 12.1 Å². The summed E-state index contributed by atoms with van der Waals surface area (Å²) < 4.78 is 30.3. The number of likely N-dealkylation sites (tertiary alicyclic amines) is 1. The maximum absolute atomic E-state index is 14.2. The molecule has 248 valence electrons. The largest absolute Gasteiger partial charge is 0.484 e. The van der Waals surface area contributed by atoms with Gasteiger partial charge in [-0.1, -0.05) is 17.9 Å². The van der Waals surface area contributed by atoms with Crippen LogP contribution in [-0.4, -0.2) is 64.2 Å². The van der Waals surface area contributed by atoms with Crippen molar-refractivity contribution in [2.45, 2.75) is 58.0 Å². The summed E-state index contributed by atoms with van der Waals surface area (Å²) in [4.78, 5) is 32.8. The number of hydrogen-bond acceptors (Lipinski definition) is 9. The zero-order chi connectivity index (χ0) is 33.9. The molecule has 2 atom stereocenters. The smallest absolute Gasteiger partial charge is 0.320 e. The summed E-state index contributed by atoms with van der Waals surface area (Å²) in [5.74, 6) is 4.37. The van der Waals surface area contributed by atoms with Crippen molar-refractivity contribution in [1.82, 2.24) is 34.0 Å². The third-order valence-corrected chi connectivity index (χ3v) is 8.87. The number of carboxylic acid groups (broad SMARTS) is 1. The molecule has 49 heavy (non-hydrogen) atoms. The first-order valence-electron chi connectivity index (χ1n) is 16.1. The lowest BCUT2D eigenvalue weighted by atomic mass is 9.83. The van der Waals surface area contributed by atoms with Crippen molar-refractivity contribution in [3.8, 4) is 29.5 Å². The fourth-order valence-electron chi connectivity index (χ4n) is 6.15. The van der Waals surface area contributed by atoms with Gasteiger partial charge < -0.3 is 23.7 Å². The van der Waals surface area contributed by atoms with Gasteiger partial charge in [0.2, 0.25) is 5.88 Å². The number of aliphatic carboxylic acids is 1. The van der Waals surface area contributed by atoms with Crippen LogP contribution in [0.5, 0.6) is 11.6 Å². The van der Waals surface area contributed by atoms with Crippen LogP contribution < -0.4 is 9.47 Å². The number of carbonyl (C=O) groups is 1. The highest BCUT2D eigenvalue weighted by Gasteiger charge is 2.34. The third kappa shape index (κ3) is 6.80. The average Bonchev–Trinajstić information content (AvgIpc) is 3.68. The van der Waals surface area contributed by atoms with Crippen LogP contribution in [0.1, 0.15) is 54.2 Å². The monoisotopic (exact) mass is 660 g/mol. The van der Waals surface area contributed by atoms with E-state index in [9.17, 15) is 14.3 Å². The van der Waals surface area contributed by atoms with Gasteiger partial charge in [-0.2, -0.15) is 5.26 Å². The predicted molar refractivity (Wildman–Crippen MR) is 175 cm³/mol. The number of aromatic nitrogens is 6. The Bertz CT molecular complexity index is 2120. The summed E-state index contributed by atoms with van der Waals surface area (Å²) in [6.45, 7) is 5.62. The first-order chi connectivity index (χ1) is 23.9. The van der Waals surface area contributed by atoms with Gasteiger partial charge in [-0.05, 0) is 56.2 Å². The molecule has 2 unspecified atom stereocenters. The maximum atomic E-state index is 14.2. The summed E-state index contributed by atoms with van der Waals surface area (Å²) in [7, 11) is 0. The lowest BCUT2D eigenvalue weighted by molar-refractivity contribution is -0.140. The molecule has 1 aliphatic carbocycles. The lowest BCUT2D eigenvalue weighted by Gasteiger charge is -2.31. The molecule has 7 rings (SSSR count). The standard InChI is InChI=1S/C36H33FN8O4/c1-2-44-22-39-18-25(44)19-45-33(41-31-10-9-30(42-35(31)45)27-7-8-28(27)36(46)47)20-43-14-12-26(13-15-43)49-34-5-3-4-24(40-34)21-48-32-11-6-23(17-38)16-29(32)37/h3-6,9-11,16,18,22,26-28H,2,12-15,19-21H2,1H3,(H,46,47). The Morgan fingerprint density at radius 2 is 1.96 bits per heavy atom. The van der Waals surface area contributed by atoms with Crippen LogP contribution >= 0.6 is 0 Å². The predicted octanol–water partition coefficient (Wildman–Crippen LogP) is 4.53. The van der Waals surface area contributed by atoms with Gasteiger partial charge in [0.25, 0.3) is 0 Å². The Morgan fingerprint density at radius 3 is 2.69 bits per heavy atom. The molecule has 4 aromatic heterocycles. The number of fused-ring (bicyclic) bond motifs is 1. The second-order valence-corrected chi connectivity index (χ2v) is 12.1. The first-order valence-corrected chi connectivity index (χ1v) is 16.1. The summed E-state index contributed by atoms with van der Waals surface area (Å²) in [5, 5.41) is 18.5. The van der Waals surface area contributed by atoms with Crippen molar-refractivity contribution in [3.63, 3.8) is 0 Å². The Morgan fingerprint density at radius 1 is 1.10 bits per heavy atom. The number of halogens is 1. The molecule has 1 aliphatic heterocycles. The quantitative estimate of drug-likeness (QED) is 0.190. The number of ether oxygens (including phenoxy) is 2. The topological polar surface area (TPSA) is 144 Å². The fourth-order valence-corrected chi connectivity index (χ4v) is 6.15. The van der Waals surface area contributed by atoms with E-state index in [4.69, 9.17) is 24.7 Å². The highest BCUT2D eigenvalue weighted by atomic mass is 19.1. The van der Waals surface area contributed by atoms with Gasteiger partial charge in [-0.3, -0.25) is 9.69 Å². The Hall–Kier alpha value is -5.79. The van der Waals surface area contributed by atoms with Crippen molar-refractivity contribution in [2.24, 2.45) is 5.92 Å². The summed E-state index contributed by atoms with van der Waals surface area (Å²) in [5.41, 5.74) is 3.93. The number of nitriles is 1. The molecule has 13 heteroatoms. The highest BCUT2D eigenvalue weighted by molar-refractivity contribution is 5.79. The number of pyridine rings is 2. The van der Waals surface area contributed by atoms with E-state index in [-0.39, 0.29) is 24.0 Å². The van der Waals surface area contributed by atoms with E-state index < -0.39 is 23.6 Å². The Labute approximate surface area is 281 Å². The van der Waals surface area contributed by atoms with E-state index >= 15 is 0 Å². The normalized spacial score (nSPS) is 17.6. The van der Waals surface area contributed by atoms with Crippen LogP contribution in [0.2, 0.25) is 0 Å². The van der Waals surface area contributed by atoms with Gasteiger partial charge >= 0.3 is 5.97 Å². The molecule has 1 aromatic carbocycles. The molecule has 0 bridgehead atoms. The van der Waals surface area contributed by atoms with Crippen LogP contribution in [0.3, 0.4) is 0 Å². The summed E-state index contributed by atoms with van der Waals surface area (Å²) in [6.07, 6.45) is 5.22. The number of rotatable bonds is 12. The van der Waals surface area contributed by atoms with Crippen LogP contribution in [0.15, 0.2) is 61.1 Å². The van der Waals surface area contributed by atoms with Gasteiger partial charge in [0, 0.05) is 31.9 Å². The van der Waals surface area contributed by atoms with Crippen LogP contribution in [0.25, 0.3) is 11.2 Å². The minimum atomic E-state index is -0.937. The molecule has 0 saturated carbocycles. The number of piperidine rings is 1. The van der Waals surface area contributed by atoms with Gasteiger partial charge in [-0.15, -0.1) is 0 Å². The number of aryl methyl sites for hydroxylation is 1. The molecular formula is C36H33FN8O4. The van der Waals surface area contributed by atoms with E-state index in [0.717, 1.165) is 55.6 Å². The Balaban J connectivity index is 1.02. The molecule has 1 fully saturated rings. The van der Waals surface area contributed by atoms with E-state index in [1.807, 2.05) is 36.8 Å². The van der Waals surface area contributed by atoms with Crippen molar-refractivity contribution >= 4 is 17.1 Å². The minimum absolute atomic E-state index is 0.0244. The van der Waals surface area contributed by atoms with Crippen LogP contribution in [-0.2, 0) is 31.0 Å². The van der Waals surface area contributed by atoms with Gasteiger partial charge in [0.05, 0.1) is 54.0 Å². The van der Waals surface area contributed by atoms with Gasteiger partial charge in [0.1, 0.15) is 30.0 Å². The maximum Gasteiger partial charge on any atom is 0.320 e. The minimum Gasteiger partial charge on any atom is -0.484 e. The lowest BCUT2D eigenvalue weighted by Crippen LogP contribution is -2.38. The molecule has 1 saturated heterocycles. The van der Waals surface area contributed by atoms with Crippen LogP contribution in [0, 0.1) is 34.9 Å². The molecule has 1 N–H and O–H groups in total. The Kier molecular flexibility index (Phi) is 8.92. The van der Waals surface area contributed by atoms with E-state index in [2.05, 4.69) is 42.8 Å². The molecule has 0 spiro atoms. The SMILES string of the molecule is CCn1cncc1Cn1c(CN2CCC(Oc3cccc(COc4ccc(C#N)cc4F)n3)CC2)nc2ccc(C3C#CC3C(=O)O)nc21. The zero-order valence-electron chi connectivity index (χ0n) is 26.8. The summed E-state index contributed by atoms with van der Waals surface area (Å²) >= 11 is 0. The second-order valence-electron chi connectivity index (χ2n) is 12.1. The first kappa shape index (κ1) is 31.8. The van der Waals surface area contributed by atoms with Gasteiger partial charge in [-0.25, -0.2) is 24.3 Å². The third-order valence-electron chi connectivity index (χ3n) is 8.87. The molecule has 12 nitrogen and oxygen atoms in total. The van der Waals surface area contributed by atoms with Gasteiger partial charge in [0.15, 0.2) is 17.2 Å². The van der Waals surface area contributed by atoms with E-state index in [0.29, 0.717) is 36.0 Å². The molecule has 5 aromatic rings. The second kappa shape index (κ2) is 13.7. The summed E-state index contributed by atoms with van der Waals surface area (Å²) in [6, 6.07) is 15.1. The number of nitrogens with zero attached hydrogens (tertiary/aromatic N) is 8. The van der Waals surface area contributed by atoms with Crippen LogP contribution in [0.4, 0.5) is 4.39 Å². The number of hydrogen-bond donors (Lipinski definition) is 1. The molecule has 0 radical (unpaired) electrons. The molecule has 5 heterocycles.